The number of hydrogen-bond donors (Lipinski definition) is 1. The zero-order chi connectivity index (χ0) is 42.3. The molecule has 4 aliphatic rings. The van der Waals surface area contributed by atoms with Crippen molar-refractivity contribution in [3.63, 3.8) is 0 Å². The van der Waals surface area contributed by atoms with Crippen LogP contribution in [0.2, 0.25) is 0 Å². The summed E-state index contributed by atoms with van der Waals surface area (Å²) in [6, 6.07) is 9.25. The number of hydrogen-bond acceptors (Lipinski definition) is 14. The van der Waals surface area contributed by atoms with E-state index in [-0.39, 0.29) is 30.7 Å². The highest BCUT2D eigenvalue weighted by atomic mass is 32.1. The third-order valence-corrected chi connectivity index (χ3v) is 14.2. The largest absolute Gasteiger partial charge is 0.458 e. The van der Waals surface area contributed by atoms with Gasteiger partial charge in [-0.15, -0.1) is 11.3 Å². The van der Waals surface area contributed by atoms with Gasteiger partial charge in [-0.1, -0.05) is 51.1 Å². The van der Waals surface area contributed by atoms with Crippen molar-refractivity contribution < 1.29 is 43.2 Å². The molecule has 0 aliphatic carbocycles. The molecule has 58 heavy (non-hydrogen) atoms. The van der Waals surface area contributed by atoms with Gasteiger partial charge >= 0.3 is 12.1 Å². The number of Topliss-reactive ketones (excluding diaryl/α,β-unsaturated/α-hetero) is 1. The predicted octanol–water partition coefficient (Wildman–Crippen LogP) is 5.62. The number of methoxy groups -OCH3 is 1. The molecule has 3 fully saturated rings. The number of aryl methyl sites for hydroxylation is 1. The Kier molecular flexibility index (Phi) is 13.5. The predicted molar refractivity (Wildman–Crippen MR) is 220 cm³/mol. The molecule has 2 bridgehead atoms. The maximum Gasteiger partial charge on any atom is 0.425 e. The molecule has 0 radical (unpaired) electrons. The Labute approximate surface area is 347 Å². The fourth-order valence-corrected chi connectivity index (χ4v) is 10.5. The zero-order valence-electron chi connectivity index (χ0n) is 35.9. The smallest absolute Gasteiger partial charge is 0.425 e. The van der Waals surface area contributed by atoms with Crippen LogP contribution in [0, 0.1) is 23.7 Å². The number of aromatic nitrogens is 1. The van der Waals surface area contributed by atoms with Crippen molar-refractivity contribution in [2.45, 2.75) is 135 Å². The van der Waals surface area contributed by atoms with Gasteiger partial charge in [0, 0.05) is 53.9 Å². The number of amides is 1. The molecule has 3 saturated heterocycles. The lowest BCUT2D eigenvalue weighted by atomic mass is 9.73. The number of benzene rings is 1. The van der Waals surface area contributed by atoms with E-state index in [1.807, 2.05) is 69.2 Å². The average Bonchev–Trinajstić information content (AvgIpc) is 3.73. The van der Waals surface area contributed by atoms with Crippen molar-refractivity contribution in [1.82, 2.24) is 19.9 Å². The summed E-state index contributed by atoms with van der Waals surface area (Å²) in [7, 11) is 5.39. The summed E-state index contributed by atoms with van der Waals surface area (Å²) in [4.78, 5) is 55.3. The first-order valence-corrected chi connectivity index (χ1v) is 21.5. The van der Waals surface area contributed by atoms with Gasteiger partial charge in [0.05, 0.1) is 17.8 Å². The number of cyclic esters (lactones) is 1. The highest BCUT2D eigenvalue weighted by molar-refractivity contribution is 7.15. The first-order chi connectivity index (χ1) is 27.4. The molecular weight excluding hydrogens is 763 g/mol. The van der Waals surface area contributed by atoms with Crippen LogP contribution >= 0.6 is 11.3 Å². The van der Waals surface area contributed by atoms with Crippen LogP contribution in [0.5, 0.6) is 0 Å². The number of nitrogens with zero attached hydrogens (tertiary/aromatic N) is 5. The van der Waals surface area contributed by atoms with E-state index >= 15 is 0 Å². The Hall–Kier alpha value is -3.31. The van der Waals surface area contributed by atoms with Gasteiger partial charge in [0.1, 0.15) is 35.8 Å². The number of aliphatic hydroxyl groups excluding tert-OH is 1. The van der Waals surface area contributed by atoms with Gasteiger partial charge in [0.15, 0.2) is 17.7 Å². The van der Waals surface area contributed by atoms with E-state index in [9.17, 15) is 19.5 Å². The van der Waals surface area contributed by atoms with Gasteiger partial charge in [-0.05, 0) is 80.3 Å². The Morgan fingerprint density at radius 3 is 2.41 bits per heavy atom. The fourth-order valence-electron chi connectivity index (χ4n) is 9.54. The summed E-state index contributed by atoms with van der Waals surface area (Å²) >= 11 is 1.66. The molecule has 320 valence electrons. The summed E-state index contributed by atoms with van der Waals surface area (Å²) in [5.74, 6) is -3.76. The zero-order valence-corrected chi connectivity index (χ0v) is 36.7. The van der Waals surface area contributed by atoms with Crippen LogP contribution in [0.15, 0.2) is 41.5 Å². The van der Waals surface area contributed by atoms with Crippen molar-refractivity contribution in [2.75, 3.05) is 34.4 Å². The third kappa shape index (κ3) is 8.63. The van der Waals surface area contributed by atoms with E-state index in [1.54, 1.807) is 44.2 Å². The number of likely N-dealkylation sites (N-methyl/N-ethyl adjacent to an activating group) is 1. The summed E-state index contributed by atoms with van der Waals surface area (Å²) < 4.78 is 31.6. The first-order valence-electron chi connectivity index (χ1n) is 20.7. The summed E-state index contributed by atoms with van der Waals surface area (Å²) in [6.07, 6.45) is -0.311. The summed E-state index contributed by atoms with van der Waals surface area (Å²) in [6.45, 7) is 15.4. The summed E-state index contributed by atoms with van der Waals surface area (Å²) in [5.41, 5.74) is -0.483. The van der Waals surface area contributed by atoms with Gasteiger partial charge < -0.3 is 33.7 Å². The number of hydrazine groups is 1. The minimum atomic E-state index is -1.28. The molecular formula is C43H63N5O9S. The van der Waals surface area contributed by atoms with E-state index in [4.69, 9.17) is 28.7 Å². The van der Waals surface area contributed by atoms with E-state index in [1.165, 1.54) is 6.92 Å². The molecule has 1 aromatic carbocycles. The molecule has 13 atom stereocenters. The number of aliphatic imine (C=N–C) groups is 1. The van der Waals surface area contributed by atoms with E-state index in [0.717, 1.165) is 34.0 Å². The number of carbonyl (C=O) groups excluding carboxylic acids is 3. The van der Waals surface area contributed by atoms with Crippen molar-refractivity contribution in [3.05, 3.63) is 41.4 Å². The Morgan fingerprint density at radius 2 is 1.74 bits per heavy atom. The molecule has 1 unspecified atom stereocenters. The number of carbonyl (C=O) groups is 3. The lowest BCUT2D eigenvalue weighted by Crippen LogP contribution is -2.60. The van der Waals surface area contributed by atoms with Crippen molar-refractivity contribution in [3.8, 4) is 10.6 Å². The molecule has 6 rings (SSSR count). The molecule has 1 aromatic heterocycles. The van der Waals surface area contributed by atoms with Crippen LogP contribution in [0.25, 0.3) is 10.6 Å². The second kappa shape index (κ2) is 17.7. The van der Waals surface area contributed by atoms with E-state index in [0.29, 0.717) is 19.4 Å². The standard InChI is InChI=1S/C43H63N5O9S/c1-24-21-42(7,53-11)37(56-40-35(50)32(46(9)10)20-25(2)54-40)27(4)34(49)28(5)39(51)55-29(6)43(8)36-26(3)33(24)45-23-47(48(36)41(52)57-43)19-15-18-31-22-44-38(58-31)30-16-13-12-14-17-30/h12-14,16-17,22,24-29,32,35-37,40,50H,15,18-21,23H2,1-11H3/t24-,25-,26-,27+,28?,29+,32+,35-,36-,37-,40+,42+,43-/m1/s1. The Balaban J connectivity index is 1.34. The van der Waals surface area contributed by atoms with E-state index < -0.39 is 71.5 Å². The van der Waals surface area contributed by atoms with Crippen LogP contribution in [0.4, 0.5) is 4.79 Å². The third-order valence-electron chi connectivity index (χ3n) is 13.0. The van der Waals surface area contributed by atoms with Gasteiger partial charge in [0.2, 0.25) is 0 Å². The van der Waals surface area contributed by atoms with Crippen LogP contribution < -0.4 is 0 Å². The number of rotatable bonds is 9. The van der Waals surface area contributed by atoms with Crippen LogP contribution in [-0.2, 0) is 39.7 Å². The first kappa shape index (κ1) is 44.2. The van der Waals surface area contributed by atoms with Gasteiger partial charge in [-0.2, -0.15) is 5.01 Å². The van der Waals surface area contributed by atoms with Crippen molar-refractivity contribution >= 4 is 34.9 Å². The number of esters is 1. The van der Waals surface area contributed by atoms with Crippen molar-refractivity contribution in [1.29, 1.82) is 0 Å². The molecule has 14 nitrogen and oxygen atoms in total. The number of aliphatic hydroxyl groups is 1. The SMILES string of the molecule is CO[C@@]1(C)C[C@@H](C)C2=NCN(CCCc3cnc(-c4ccccc4)s3)N3C(=O)O[C@](C)([C@H](C)OC(=O)C(C)C(=O)[C@H](C)[C@H]1O[C@@H]1O[C@H](C)C[C@H](N(C)C)[C@H]1O)[C@H]3[C@@H]2C. The Morgan fingerprint density at radius 1 is 1.03 bits per heavy atom. The monoisotopic (exact) mass is 825 g/mol. The number of ether oxygens (including phenoxy) is 5. The lowest BCUT2D eigenvalue weighted by Gasteiger charge is -2.47. The molecule has 1 N–H and O–H groups in total. The molecule has 5 heterocycles. The maximum absolute atomic E-state index is 14.3. The Bertz CT molecular complexity index is 1810. The average molecular weight is 826 g/mol. The highest BCUT2D eigenvalue weighted by Crippen LogP contribution is 2.44. The molecule has 0 spiro atoms. The van der Waals surface area contributed by atoms with E-state index in [2.05, 4.69) is 24.0 Å². The van der Waals surface area contributed by atoms with Gasteiger partial charge in [0.25, 0.3) is 0 Å². The molecule has 1 amide bonds. The molecule has 15 heteroatoms. The minimum absolute atomic E-state index is 0.208. The fraction of sp³-hybridized carbons (Fsp3) is 0.698. The van der Waals surface area contributed by atoms with Crippen LogP contribution in [0.3, 0.4) is 0 Å². The van der Waals surface area contributed by atoms with Gasteiger partial charge in [-0.25, -0.2) is 14.8 Å². The minimum Gasteiger partial charge on any atom is -0.458 e. The second-order valence-corrected chi connectivity index (χ2v) is 18.5. The summed E-state index contributed by atoms with van der Waals surface area (Å²) in [5, 5.41) is 16.1. The highest BCUT2D eigenvalue weighted by Gasteiger charge is 2.61. The van der Waals surface area contributed by atoms with Crippen LogP contribution in [0.1, 0.15) is 79.5 Å². The topological polar surface area (TPSA) is 153 Å². The van der Waals surface area contributed by atoms with Crippen LogP contribution in [-0.4, -0.2) is 137 Å². The second-order valence-electron chi connectivity index (χ2n) is 17.4. The maximum atomic E-state index is 14.3. The molecule has 4 aliphatic heterocycles. The lowest BCUT2D eigenvalue weighted by molar-refractivity contribution is -0.295. The van der Waals surface area contributed by atoms with Gasteiger partial charge in [-0.3, -0.25) is 14.6 Å². The number of fused-ring (bicyclic) bond motifs is 1. The molecule has 0 saturated carbocycles. The number of ketones is 1. The van der Waals surface area contributed by atoms with Crippen molar-refractivity contribution in [2.24, 2.45) is 28.7 Å². The normalized spacial score (nSPS) is 37.9. The quantitative estimate of drug-likeness (QED) is 0.247. The molecule has 2 aromatic rings. The number of thiazole rings is 1.